The summed E-state index contributed by atoms with van der Waals surface area (Å²) in [5, 5.41) is 0. The van der Waals surface area contributed by atoms with E-state index in [1.54, 1.807) is 29.2 Å². The van der Waals surface area contributed by atoms with Crippen molar-refractivity contribution in [2.75, 3.05) is 22.8 Å². The van der Waals surface area contributed by atoms with Crippen LogP contribution >= 0.6 is 0 Å². The molecule has 1 atom stereocenters. The number of benzene rings is 2. The van der Waals surface area contributed by atoms with Gasteiger partial charge in [-0.05, 0) is 73.7 Å². The van der Waals surface area contributed by atoms with Gasteiger partial charge in [0.1, 0.15) is 0 Å². The molecule has 2 aliphatic heterocycles. The maximum atomic E-state index is 13.0. The Labute approximate surface area is 182 Å². The van der Waals surface area contributed by atoms with Crippen LogP contribution in [-0.2, 0) is 26.0 Å². The van der Waals surface area contributed by atoms with E-state index in [9.17, 15) is 18.0 Å². The van der Waals surface area contributed by atoms with Crippen molar-refractivity contribution in [3.05, 3.63) is 53.1 Å². The number of hydrogen-bond donors (Lipinski definition) is 1. The van der Waals surface area contributed by atoms with Crippen molar-refractivity contribution in [3.8, 4) is 0 Å². The number of nitrogens with one attached hydrogen (secondary N) is 1. The topological polar surface area (TPSA) is 92.8 Å². The smallest absolute Gasteiger partial charge is 0.338 e. The molecular formula is C23H26N2O5S. The van der Waals surface area contributed by atoms with Crippen molar-refractivity contribution in [1.82, 2.24) is 0 Å². The molecule has 0 bridgehead atoms. The number of aryl methyl sites for hydroxylation is 1. The van der Waals surface area contributed by atoms with Crippen molar-refractivity contribution in [2.45, 2.75) is 50.3 Å². The summed E-state index contributed by atoms with van der Waals surface area (Å²) < 4.78 is 33.8. The lowest BCUT2D eigenvalue weighted by Gasteiger charge is -2.26. The van der Waals surface area contributed by atoms with Crippen molar-refractivity contribution in [3.63, 3.8) is 0 Å². The van der Waals surface area contributed by atoms with Crippen LogP contribution < -0.4 is 9.62 Å². The highest BCUT2D eigenvalue weighted by Crippen LogP contribution is 2.44. The van der Waals surface area contributed by atoms with Crippen LogP contribution in [0.5, 0.6) is 0 Å². The van der Waals surface area contributed by atoms with Crippen LogP contribution in [0.2, 0.25) is 0 Å². The SMILES string of the molecule is CCCCOC(=O)c1ccc(NS(=O)(=O)c2cc3c4c(c2)C(C)C(=O)N4CCC3)cc1. The zero-order chi connectivity index (χ0) is 22.2. The number of hydrogen-bond acceptors (Lipinski definition) is 5. The third kappa shape index (κ3) is 4.04. The summed E-state index contributed by atoms with van der Waals surface area (Å²) in [6.07, 6.45) is 3.30. The molecule has 7 nitrogen and oxygen atoms in total. The van der Waals surface area contributed by atoms with Gasteiger partial charge in [-0.25, -0.2) is 13.2 Å². The van der Waals surface area contributed by atoms with Gasteiger partial charge in [0, 0.05) is 12.2 Å². The zero-order valence-electron chi connectivity index (χ0n) is 17.7. The third-order valence-electron chi connectivity index (χ3n) is 5.81. The number of nitrogens with zero attached hydrogens (tertiary/aromatic N) is 1. The molecule has 0 aliphatic carbocycles. The lowest BCUT2D eigenvalue weighted by atomic mass is 9.97. The van der Waals surface area contributed by atoms with Crippen LogP contribution in [0.25, 0.3) is 0 Å². The Hall–Kier alpha value is -2.87. The maximum absolute atomic E-state index is 13.0. The first-order valence-corrected chi connectivity index (χ1v) is 12.1. The minimum Gasteiger partial charge on any atom is -0.462 e. The molecule has 2 heterocycles. The summed E-state index contributed by atoms with van der Waals surface area (Å²) in [4.78, 5) is 26.5. The van der Waals surface area contributed by atoms with Gasteiger partial charge in [-0.3, -0.25) is 9.52 Å². The molecule has 1 N–H and O–H groups in total. The van der Waals surface area contributed by atoms with E-state index in [4.69, 9.17) is 4.74 Å². The number of esters is 1. The maximum Gasteiger partial charge on any atom is 0.338 e. The van der Waals surface area contributed by atoms with E-state index in [0.717, 1.165) is 42.5 Å². The van der Waals surface area contributed by atoms with Gasteiger partial charge >= 0.3 is 5.97 Å². The molecule has 4 rings (SSSR count). The van der Waals surface area contributed by atoms with E-state index in [-0.39, 0.29) is 16.7 Å². The Morgan fingerprint density at radius 2 is 1.97 bits per heavy atom. The minimum atomic E-state index is -3.85. The monoisotopic (exact) mass is 442 g/mol. The van der Waals surface area contributed by atoms with E-state index in [2.05, 4.69) is 4.72 Å². The molecule has 164 valence electrons. The van der Waals surface area contributed by atoms with Gasteiger partial charge in [-0.2, -0.15) is 0 Å². The fourth-order valence-corrected chi connectivity index (χ4v) is 5.25. The van der Waals surface area contributed by atoms with Crippen molar-refractivity contribution in [2.24, 2.45) is 0 Å². The summed E-state index contributed by atoms with van der Waals surface area (Å²) in [6, 6.07) is 9.43. The standard InChI is InChI=1S/C23H26N2O5S/c1-3-4-12-30-23(27)16-7-9-18(10-8-16)24-31(28,29)19-13-17-6-5-11-25-21(17)20(14-19)15(2)22(25)26/h7-10,13-15,24H,3-6,11-12H2,1-2H3. The van der Waals surface area contributed by atoms with E-state index < -0.39 is 16.0 Å². The molecule has 0 spiro atoms. The van der Waals surface area contributed by atoms with Crippen molar-refractivity contribution >= 4 is 33.3 Å². The predicted octanol–water partition coefficient (Wildman–Crippen LogP) is 3.84. The van der Waals surface area contributed by atoms with Crippen LogP contribution in [-0.4, -0.2) is 33.4 Å². The highest BCUT2D eigenvalue weighted by atomic mass is 32.2. The van der Waals surface area contributed by atoms with Crippen molar-refractivity contribution in [1.29, 1.82) is 0 Å². The number of anilines is 2. The lowest BCUT2D eigenvalue weighted by Crippen LogP contribution is -2.32. The second-order valence-electron chi connectivity index (χ2n) is 8.01. The third-order valence-corrected chi connectivity index (χ3v) is 7.17. The first-order chi connectivity index (χ1) is 14.8. The molecule has 8 heteroatoms. The molecule has 0 saturated heterocycles. The zero-order valence-corrected chi connectivity index (χ0v) is 18.5. The van der Waals surface area contributed by atoms with Gasteiger partial charge < -0.3 is 9.64 Å². The fourth-order valence-electron chi connectivity index (χ4n) is 4.10. The Bertz CT molecular complexity index is 1130. The molecular weight excluding hydrogens is 416 g/mol. The molecule has 2 aromatic rings. The highest BCUT2D eigenvalue weighted by Gasteiger charge is 2.38. The summed E-state index contributed by atoms with van der Waals surface area (Å²) in [5.74, 6) is -0.747. The first-order valence-electron chi connectivity index (χ1n) is 10.6. The molecule has 1 amide bonds. The molecule has 2 aromatic carbocycles. The number of rotatable bonds is 7. The van der Waals surface area contributed by atoms with Gasteiger partial charge in [-0.1, -0.05) is 13.3 Å². The quantitative estimate of drug-likeness (QED) is 0.519. The number of unbranched alkanes of at least 4 members (excludes halogenated alkanes) is 1. The highest BCUT2D eigenvalue weighted by molar-refractivity contribution is 7.92. The van der Waals surface area contributed by atoms with E-state index in [0.29, 0.717) is 24.4 Å². The average molecular weight is 443 g/mol. The van der Waals surface area contributed by atoms with E-state index >= 15 is 0 Å². The Morgan fingerprint density at radius 3 is 2.68 bits per heavy atom. The summed E-state index contributed by atoms with van der Waals surface area (Å²) >= 11 is 0. The van der Waals surface area contributed by atoms with Crippen LogP contribution in [0.15, 0.2) is 41.3 Å². The number of ether oxygens (including phenoxy) is 1. The Kier molecular flexibility index (Phi) is 5.75. The Morgan fingerprint density at radius 1 is 1.23 bits per heavy atom. The largest absolute Gasteiger partial charge is 0.462 e. The van der Waals surface area contributed by atoms with Gasteiger partial charge in [0.25, 0.3) is 10.0 Å². The number of carbonyl (C=O) groups excluding carboxylic acids is 2. The summed E-state index contributed by atoms with van der Waals surface area (Å²) in [5.41, 5.74) is 3.27. The van der Waals surface area contributed by atoms with Gasteiger partial charge in [0.15, 0.2) is 0 Å². The van der Waals surface area contributed by atoms with Gasteiger partial charge in [-0.15, -0.1) is 0 Å². The minimum absolute atomic E-state index is 0.0277. The normalized spacial score (nSPS) is 17.4. The van der Waals surface area contributed by atoms with Crippen LogP contribution in [0.1, 0.15) is 60.5 Å². The molecule has 0 fully saturated rings. The van der Waals surface area contributed by atoms with Gasteiger partial charge in [0.05, 0.1) is 28.7 Å². The molecule has 0 aromatic heterocycles. The van der Waals surface area contributed by atoms with E-state index in [1.807, 2.05) is 13.8 Å². The number of carbonyl (C=O) groups is 2. The molecule has 31 heavy (non-hydrogen) atoms. The first kappa shape index (κ1) is 21.4. The summed E-state index contributed by atoms with van der Waals surface area (Å²) in [6.45, 7) is 4.88. The second kappa shape index (κ2) is 8.34. The van der Waals surface area contributed by atoms with Crippen LogP contribution in [0.4, 0.5) is 11.4 Å². The van der Waals surface area contributed by atoms with Gasteiger partial charge in [0.2, 0.25) is 5.91 Å². The fraction of sp³-hybridized carbons (Fsp3) is 0.391. The number of sulfonamides is 1. The summed E-state index contributed by atoms with van der Waals surface area (Å²) in [7, 11) is -3.85. The van der Waals surface area contributed by atoms with Crippen molar-refractivity contribution < 1.29 is 22.7 Å². The van der Waals surface area contributed by atoms with Crippen LogP contribution in [0, 0.1) is 0 Å². The van der Waals surface area contributed by atoms with Crippen LogP contribution in [0.3, 0.4) is 0 Å². The average Bonchev–Trinajstić information content (AvgIpc) is 3.00. The molecule has 2 aliphatic rings. The molecule has 0 saturated carbocycles. The predicted molar refractivity (Wildman–Crippen MR) is 118 cm³/mol. The van der Waals surface area contributed by atoms with E-state index in [1.165, 1.54) is 12.1 Å². The number of amides is 1. The molecule has 1 unspecified atom stereocenters. The second-order valence-corrected chi connectivity index (χ2v) is 9.69. The Balaban J connectivity index is 1.55. The lowest BCUT2D eigenvalue weighted by molar-refractivity contribution is -0.119. The molecule has 0 radical (unpaired) electrons.